The molecule has 0 atom stereocenters. The first-order chi connectivity index (χ1) is 10.1. The van der Waals surface area contributed by atoms with Crippen LogP contribution in [0.3, 0.4) is 0 Å². The molecule has 0 saturated carbocycles. The van der Waals surface area contributed by atoms with Crippen LogP contribution in [-0.2, 0) is 0 Å². The maximum Gasteiger partial charge on any atom is 0.322 e. The number of nitrogens with zero attached hydrogens (tertiary/aromatic N) is 3. The molecule has 21 heavy (non-hydrogen) atoms. The highest BCUT2D eigenvalue weighted by Crippen LogP contribution is 2.34. The predicted octanol–water partition coefficient (Wildman–Crippen LogP) is 2.78. The Morgan fingerprint density at radius 1 is 1.19 bits per heavy atom. The third-order valence-corrected chi connectivity index (χ3v) is 2.73. The van der Waals surface area contributed by atoms with Gasteiger partial charge in [-0.15, -0.1) is 0 Å². The Kier molecular flexibility index (Phi) is 3.66. The summed E-state index contributed by atoms with van der Waals surface area (Å²) in [6, 6.07) is 5.60. The molecule has 0 bridgehead atoms. The topological polar surface area (TPSA) is 78.4 Å². The maximum absolute atomic E-state index is 5.87. The second-order valence-electron chi connectivity index (χ2n) is 4.57. The van der Waals surface area contributed by atoms with Crippen LogP contribution in [0.1, 0.15) is 13.8 Å². The van der Waals surface area contributed by atoms with Crippen molar-refractivity contribution in [3.8, 4) is 17.5 Å². The predicted molar refractivity (Wildman–Crippen MR) is 76.4 cm³/mol. The van der Waals surface area contributed by atoms with Gasteiger partial charge in [-0.05, 0) is 37.6 Å². The number of aromatic nitrogens is 3. The number of anilines is 2. The van der Waals surface area contributed by atoms with Crippen LogP contribution in [0.5, 0.6) is 17.5 Å². The van der Waals surface area contributed by atoms with Gasteiger partial charge < -0.3 is 19.5 Å². The highest BCUT2D eigenvalue weighted by atomic mass is 35.5. The summed E-state index contributed by atoms with van der Waals surface area (Å²) >= 11 is 5.87. The zero-order chi connectivity index (χ0) is 14.8. The van der Waals surface area contributed by atoms with E-state index in [0.29, 0.717) is 17.4 Å². The van der Waals surface area contributed by atoms with Crippen molar-refractivity contribution in [2.45, 2.75) is 20.0 Å². The molecule has 1 aromatic carbocycles. The van der Waals surface area contributed by atoms with Crippen LogP contribution < -0.4 is 19.5 Å². The van der Waals surface area contributed by atoms with Gasteiger partial charge in [0.15, 0.2) is 11.5 Å². The number of halogens is 1. The molecule has 110 valence electrons. The SMILES string of the molecule is CC(C)Oc1nc(Cl)nc(Nc2ccc3c(c2)OCO3)n1. The van der Waals surface area contributed by atoms with Crippen molar-refractivity contribution in [3.05, 3.63) is 23.5 Å². The van der Waals surface area contributed by atoms with E-state index in [1.807, 2.05) is 19.9 Å². The Morgan fingerprint density at radius 3 is 2.81 bits per heavy atom. The van der Waals surface area contributed by atoms with E-state index in [0.717, 1.165) is 5.69 Å². The van der Waals surface area contributed by atoms with Crippen molar-refractivity contribution in [3.63, 3.8) is 0 Å². The number of benzene rings is 1. The summed E-state index contributed by atoms with van der Waals surface area (Å²) in [4.78, 5) is 12.1. The molecule has 2 aromatic rings. The van der Waals surface area contributed by atoms with Gasteiger partial charge in [-0.25, -0.2) is 0 Å². The minimum Gasteiger partial charge on any atom is -0.461 e. The Hall–Kier alpha value is -2.28. The summed E-state index contributed by atoms with van der Waals surface area (Å²) in [5.41, 5.74) is 0.747. The van der Waals surface area contributed by atoms with E-state index in [9.17, 15) is 0 Å². The molecule has 2 heterocycles. The minimum absolute atomic E-state index is 0.0538. The molecule has 1 aliphatic heterocycles. The van der Waals surface area contributed by atoms with Crippen LogP contribution in [-0.4, -0.2) is 27.8 Å². The van der Waals surface area contributed by atoms with Crippen LogP contribution in [0, 0.1) is 0 Å². The fraction of sp³-hybridized carbons (Fsp3) is 0.308. The zero-order valence-corrected chi connectivity index (χ0v) is 12.2. The largest absolute Gasteiger partial charge is 0.461 e. The van der Waals surface area contributed by atoms with E-state index in [4.69, 9.17) is 25.8 Å². The molecule has 1 N–H and O–H groups in total. The Balaban J connectivity index is 1.82. The Morgan fingerprint density at radius 2 is 2.00 bits per heavy atom. The lowest BCUT2D eigenvalue weighted by Crippen LogP contribution is -2.10. The van der Waals surface area contributed by atoms with E-state index in [2.05, 4.69) is 20.3 Å². The summed E-state index contributed by atoms with van der Waals surface area (Å²) in [5, 5.41) is 3.09. The second-order valence-corrected chi connectivity index (χ2v) is 4.91. The van der Waals surface area contributed by atoms with Crippen molar-refractivity contribution >= 4 is 23.2 Å². The molecule has 0 amide bonds. The lowest BCUT2D eigenvalue weighted by Gasteiger charge is -2.10. The van der Waals surface area contributed by atoms with Crippen molar-refractivity contribution in [1.82, 2.24) is 15.0 Å². The van der Waals surface area contributed by atoms with Gasteiger partial charge in [-0.3, -0.25) is 0 Å². The van der Waals surface area contributed by atoms with Gasteiger partial charge >= 0.3 is 6.01 Å². The fourth-order valence-corrected chi connectivity index (χ4v) is 1.91. The first kappa shape index (κ1) is 13.7. The number of nitrogens with one attached hydrogen (secondary N) is 1. The number of hydrogen-bond donors (Lipinski definition) is 1. The fourth-order valence-electron chi connectivity index (χ4n) is 1.75. The van der Waals surface area contributed by atoms with E-state index < -0.39 is 0 Å². The smallest absolute Gasteiger partial charge is 0.322 e. The summed E-state index contributed by atoms with van der Waals surface area (Å²) in [6.07, 6.45) is -0.0538. The van der Waals surface area contributed by atoms with Gasteiger partial charge in [0.2, 0.25) is 18.0 Å². The van der Waals surface area contributed by atoms with Gasteiger partial charge in [0.05, 0.1) is 6.10 Å². The van der Waals surface area contributed by atoms with Gasteiger partial charge in [0, 0.05) is 11.8 Å². The molecule has 7 nitrogen and oxygen atoms in total. The summed E-state index contributed by atoms with van der Waals surface area (Å²) < 4.78 is 16.0. The molecule has 1 aromatic heterocycles. The van der Waals surface area contributed by atoms with Crippen LogP contribution >= 0.6 is 11.6 Å². The molecular weight excluding hydrogens is 296 g/mol. The normalized spacial score (nSPS) is 12.6. The minimum atomic E-state index is -0.0538. The third kappa shape index (κ3) is 3.25. The number of hydrogen-bond acceptors (Lipinski definition) is 7. The molecule has 0 fully saturated rings. The lowest BCUT2D eigenvalue weighted by atomic mass is 10.3. The number of rotatable bonds is 4. The van der Waals surface area contributed by atoms with Crippen LogP contribution in [0.4, 0.5) is 11.6 Å². The molecule has 8 heteroatoms. The molecule has 1 aliphatic rings. The molecule has 3 rings (SSSR count). The molecule has 0 aliphatic carbocycles. The van der Waals surface area contributed by atoms with Crippen molar-refractivity contribution in [2.24, 2.45) is 0 Å². The molecule has 0 unspecified atom stereocenters. The second kappa shape index (κ2) is 5.61. The first-order valence-electron chi connectivity index (χ1n) is 6.35. The molecule has 0 spiro atoms. The molecule has 0 radical (unpaired) electrons. The Bertz CT molecular complexity index is 666. The van der Waals surface area contributed by atoms with Crippen LogP contribution in [0.2, 0.25) is 5.28 Å². The standard InChI is InChI=1S/C13H13ClN4O3/c1-7(2)21-13-17-11(14)16-12(18-13)15-8-3-4-9-10(5-8)20-6-19-9/h3-5,7H,6H2,1-2H3,(H,15,16,17,18). The first-order valence-corrected chi connectivity index (χ1v) is 6.73. The van der Waals surface area contributed by atoms with Crippen LogP contribution in [0.25, 0.3) is 0 Å². The number of ether oxygens (including phenoxy) is 3. The van der Waals surface area contributed by atoms with Crippen molar-refractivity contribution in [1.29, 1.82) is 0 Å². The highest BCUT2D eigenvalue weighted by molar-refractivity contribution is 6.28. The van der Waals surface area contributed by atoms with Gasteiger partial charge in [-0.1, -0.05) is 0 Å². The average molecular weight is 309 g/mol. The zero-order valence-electron chi connectivity index (χ0n) is 11.5. The maximum atomic E-state index is 5.87. The number of fused-ring (bicyclic) bond motifs is 1. The van der Waals surface area contributed by atoms with Gasteiger partial charge in [0.25, 0.3) is 0 Å². The monoisotopic (exact) mass is 308 g/mol. The van der Waals surface area contributed by atoms with E-state index >= 15 is 0 Å². The quantitative estimate of drug-likeness (QED) is 0.930. The van der Waals surface area contributed by atoms with E-state index in [1.165, 1.54) is 0 Å². The van der Waals surface area contributed by atoms with E-state index in [-0.39, 0.29) is 24.2 Å². The van der Waals surface area contributed by atoms with Gasteiger partial charge in [-0.2, -0.15) is 15.0 Å². The lowest BCUT2D eigenvalue weighted by molar-refractivity contribution is 0.174. The average Bonchev–Trinajstić information content (AvgIpc) is 2.84. The van der Waals surface area contributed by atoms with E-state index in [1.54, 1.807) is 12.1 Å². The highest BCUT2D eigenvalue weighted by Gasteiger charge is 2.14. The molecular formula is C13H13ClN4O3. The summed E-state index contributed by atoms with van der Waals surface area (Å²) in [6.45, 7) is 3.98. The van der Waals surface area contributed by atoms with Gasteiger partial charge in [0.1, 0.15) is 0 Å². The third-order valence-electron chi connectivity index (χ3n) is 2.56. The van der Waals surface area contributed by atoms with Crippen LogP contribution in [0.15, 0.2) is 18.2 Å². The molecule has 0 saturated heterocycles. The Labute approximate surface area is 126 Å². The van der Waals surface area contributed by atoms with Crippen molar-refractivity contribution < 1.29 is 14.2 Å². The van der Waals surface area contributed by atoms with Crippen molar-refractivity contribution in [2.75, 3.05) is 12.1 Å². The summed E-state index contributed by atoms with van der Waals surface area (Å²) in [7, 11) is 0. The summed E-state index contributed by atoms with van der Waals surface area (Å²) in [5.74, 6) is 1.67.